The predicted octanol–water partition coefficient (Wildman–Crippen LogP) is 4.21. The highest BCUT2D eigenvalue weighted by Gasteiger charge is 2.27. The number of rotatable bonds is 8. The zero-order valence-electron chi connectivity index (χ0n) is 18.3. The van der Waals surface area contributed by atoms with Gasteiger partial charge in [-0.05, 0) is 50.1 Å². The van der Waals surface area contributed by atoms with Crippen LogP contribution >= 0.6 is 11.8 Å². The van der Waals surface area contributed by atoms with Crippen LogP contribution in [-0.2, 0) is 16.6 Å². The number of ketones is 1. The van der Waals surface area contributed by atoms with Crippen LogP contribution in [0.2, 0.25) is 0 Å². The van der Waals surface area contributed by atoms with Crippen LogP contribution in [0.1, 0.15) is 36.5 Å². The normalized spacial score (nSPS) is 15.2. The zero-order valence-corrected chi connectivity index (χ0v) is 19.9. The molecular formula is C23H27N3O4S2. The minimum absolute atomic E-state index is 0.0458. The molecule has 1 fully saturated rings. The maximum Gasteiger partial charge on any atom is 0.243 e. The van der Waals surface area contributed by atoms with E-state index in [0.717, 1.165) is 24.8 Å². The third kappa shape index (κ3) is 4.42. The van der Waals surface area contributed by atoms with Crippen molar-refractivity contribution in [3.8, 4) is 5.75 Å². The van der Waals surface area contributed by atoms with Gasteiger partial charge in [0.05, 0.1) is 34.4 Å². The Morgan fingerprint density at radius 3 is 2.59 bits per heavy atom. The number of nitrogens with zero attached hydrogens (tertiary/aromatic N) is 3. The van der Waals surface area contributed by atoms with E-state index in [1.54, 1.807) is 35.7 Å². The van der Waals surface area contributed by atoms with Crippen molar-refractivity contribution in [3.63, 3.8) is 0 Å². The van der Waals surface area contributed by atoms with Gasteiger partial charge in [-0.3, -0.25) is 4.79 Å². The fourth-order valence-corrected chi connectivity index (χ4v) is 6.50. The highest BCUT2D eigenvalue weighted by atomic mass is 32.2. The lowest BCUT2D eigenvalue weighted by atomic mass is 10.1. The van der Waals surface area contributed by atoms with E-state index in [0.29, 0.717) is 41.6 Å². The average Bonchev–Trinajstić information content (AvgIpc) is 3.19. The minimum Gasteiger partial charge on any atom is -0.496 e. The molecule has 7 nitrogen and oxygen atoms in total. The molecule has 170 valence electrons. The molecule has 1 saturated heterocycles. The third-order valence-electron chi connectivity index (χ3n) is 5.69. The zero-order chi connectivity index (χ0) is 22.7. The van der Waals surface area contributed by atoms with Crippen molar-refractivity contribution in [2.24, 2.45) is 0 Å². The van der Waals surface area contributed by atoms with Gasteiger partial charge in [0.15, 0.2) is 10.9 Å². The number of methoxy groups -OCH3 is 1. The van der Waals surface area contributed by atoms with E-state index in [-0.39, 0.29) is 16.4 Å². The number of Topliss-reactive ketones (excluding diaryl/α,β-unsaturated/α-hetero) is 1. The van der Waals surface area contributed by atoms with Gasteiger partial charge in [-0.15, -0.1) is 0 Å². The average molecular weight is 474 g/mol. The first kappa shape index (κ1) is 22.8. The summed E-state index contributed by atoms with van der Waals surface area (Å²) in [6, 6.07) is 12.3. The molecule has 1 aromatic heterocycles. The Bertz CT molecular complexity index is 1230. The second-order valence-electron chi connectivity index (χ2n) is 7.67. The molecule has 2 heterocycles. The molecular weight excluding hydrogens is 446 g/mol. The summed E-state index contributed by atoms with van der Waals surface area (Å²) in [4.78, 5) is 17.7. The van der Waals surface area contributed by atoms with E-state index in [1.165, 1.54) is 11.8 Å². The number of thioether (sulfide) groups is 1. The molecule has 32 heavy (non-hydrogen) atoms. The number of sulfonamides is 1. The highest BCUT2D eigenvalue weighted by Crippen LogP contribution is 2.29. The van der Waals surface area contributed by atoms with Crippen molar-refractivity contribution in [1.82, 2.24) is 13.9 Å². The van der Waals surface area contributed by atoms with Gasteiger partial charge in [0, 0.05) is 19.6 Å². The van der Waals surface area contributed by atoms with Crippen LogP contribution in [0.3, 0.4) is 0 Å². The molecule has 4 rings (SSSR count). The van der Waals surface area contributed by atoms with E-state index in [9.17, 15) is 13.2 Å². The summed E-state index contributed by atoms with van der Waals surface area (Å²) in [5.41, 5.74) is 2.02. The highest BCUT2D eigenvalue weighted by molar-refractivity contribution is 7.99. The van der Waals surface area contributed by atoms with E-state index in [1.807, 2.05) is 29.7 Å². The Labute approximate surface area is 192 Å². The smallest absolute Gasteiger partial charge is 0.243 e. The number of piperidine rings is 1. The van der Waals surface area contributed by atoms with Crippen molar-refractivity contribution >= 4 is 38.6 Å². The molecule has 0 radical (unpaired) electrons. The predicted molar refractivity (Wildman–Crippen MR) is 126 cm³/mol. The van der Waals surface area contributed by atoms with Gasteiger partial charge < -0.3 is 9.30 Å². The molecule has 1 aliphatic heterocycles. The van der Waals surface area contributed by atoms with Crippen LogP contribution in [-0.4, -0.2) is 54.0 Å². The Balaban J connectivity index is 1.59. The lowest BCUT2D eigenvalue weighted by Gasteiger charge is -2.25. The van der Waals surface area contributed by atoms with Gasteiger partial charge in [0.25, 0.3) is 0 Å². The van der Waals surface area contributed by atoms with Crippen LogP contribution in [0.25, 0.3) is 11.0 Å². The number of hydrogen-bond acceptors (Lipinski definition) is 6. The van der Waals surface area contributed by atoms with Crippen LogP contribution in [0.4, 0.5) is 0 Å². The first-order valence-electron chi connectivity index (χ1n) is 10.7. The third-order valence-corrected chi connectivity index (χ3v) is 8.56. The van der Waals surface area contributed by atoms with E-state index in [2.05, 4.69) is 4.98 Å². The maximum absolute atomic E-state index is 13.1. The topological polar surface area (TPSA) is 81.5 Å². The largest absolute Gasteiger partial charge is 0.496 e. The molecule has 0 unspecified atom stereocenters. The second-order valence-corrected chi connectivity index (χ2v) is 10.5. The molecule has 1 aliphatic rings. The number of fused-ring (bicyclic) bond motifs is 1. The van der Waals surface area contributed by atoms with Gasteiger partial charge in [-0.25, -0.2) is 13.4 Å². The molecule has 0 N–H and O–H groups in total. The first-order chi connectivity index (χ1) is 15.5. The summed E-state index contributed by atoms with van der Waals surface area (Å²) < 4.78 is 35.0. The van der Waals surface area contributed by atoms with Crippen molar-refractivity contribution in [3.05, 3.63) is 48.0 Å². The second kappa shape index (κ2) is 9.64. The van der Waals surface area contributed by atoms with E-state index < -0.39 is 10.0 Å². The summed E-state index contributed by atoms with van der Waals surface area (Å²) in [7, 11) is -1.98. The fourth-order valence-electron chi connectivity index (χ4n) is 4.00. The number of benzene rings is 2. The van der Waals surface area contributed by atoms with Crippen molar-refractivity contribution in [2.75, 3.05) is 26.0 Å². The van der Waals surface area contributed by atoms with E-state index >= 15 is 0 Å². The number of para-hydroxylation sites is 1. The molecule has 3 aromatic rings. The molecule has 0 amide bonds. The monoisotopic (exact) mass is 473 g/mol. The Hall–Kier alpha value is -2.36. The number of imidazole rings is 1. The van der Waals surface area contributed by atoms with Crippen LogP contribution in [0.5, 0.6) is 5.75 Å². The first-order valence-corrected chi connectivity index (χ1v) is 13.2. The number of aryl methyl sites for hydroxylation is 1. The number of carbonyl (C=O) groups excluding carboxylic acids is 1. The Morgan fingerprint density at radius 2 is 1.88 bits per heavy atom. The summed E-state index contributed by atoms with van der Waals surface area (Å²) in [5, 5.41) is 0.693. The molecule has 0 spiro atoms. The van der Waals surface area contributed by atoms with Crippen molar-refractivity contribution in [2.45, 2.75) is 42.8 Å². The number of ether oxygens (including phenoxy) is 1. The Morgan fingerprint density at radius 1 is 1.12 bits per heavy atom. The van der Waals surface area contributed by atoms with E-state index in [4.69, 9.17) is 4.74 Å². The van der Waals surface area contributed by atoms with Crippen LogP contribution in [0, 0.1) is 0 Å². The summed E-state index contributed by atoms with van der Waals surface area (Å²) in [6.07, 6.45) is 2.86. The SMILES string of the molecule is CCn1c(SCC(=O)c2ccccc2OC)nc2cc(S(=O)(=O)N3CCCCC3)ccc21. The number of carbonyl (C=O) groups is 1. The fraction of sp³-hybridized carbons (Fsp3) is 0.391. The molecule has 0 aliphatic carbocycles. The maximum atomic E-state index is 13.1. The lowest BCUT2D eigenvalue weighted by molar-refractivity contribution is 0.101. The Kier molecular flexibility index (Phi) is 6.88. The van der Waals surface area contributed by atoms with Gasteiger partial charge in [0.2, 0.25) is 10.0 Å². The molecule has 0 bridgehead atoms. The lowest BCUT2D eigenvalue weighted by Crippen LogP contribution is -2.35. The van der Waals surface area contributed by atoms with Crippen molar-refractivity contribution in [1.29, 1.82) is 0 Å². The van der Waals surface area contributed by atoms with Gasteiger partial charge in [-0.1, -0.05) is 30.3 Å². The molecule has 2 aromatic carbocycles. The standard InChI is InChI=1S/C23H27N3O4S2/c1-3-26-20-12-11-17(32(28,29)25-13-7-4-8-14-25)15-19(20)24-23(26)31-16-21(27)18-9-5-6-10-22(18)30-2/h5-6,9-12,15H,3-4,7-8,13-14,16H2,1-2H3. The minimum atomic E-state index is -3.52. The summed E-state index contributed by atoms with van der Waals surface area (Å²) >= 11 is 1.35. The number of aromatic nitrogens is 2. The van der Waals surface area contributed by atoms with Crippen LogP contribution < -0.4 is 4.74 Å². The van der Waals surface area contributed by atoms with Gasteiger partial charge >= 0.3 is 0 Å². The van der Waals surface area contributed by atoms with Gasteiger partial charge in [-0.2, -0.15) is 4.31 Å². The van der Waals surface area contributed by atoms with Crippen LogP contribution in [0.15, 0.2) is 52.5 Å². The molecule has 9 heteroatoms. The number of hydrogen-bond donors (Lipinski definition) is 0. The quantitative estimate of drug-likeness (QED) is 0.360. The summed E-state index contributed by atoms with van der Waals surface area (Å²) in [5.74, 6) is 0.716. The molecule has 0 atom stereocenters. The van der Waals surface area contributed by atoms with Gasteiger partial charge in [0.1, 0.15) is 5.75 Å². The summed E-state index contributed by atoms with van der Waals surface area (Å²) in [6.45, 7) is 3.80. The van der Waals surface area contributed by atoms with Crippen molar-refractivity contribution < 1.29 is 17.9 Å². The molecule has 0 saturated carbocycles.